The molecule has 0 bridgehead atoms. The number of amides is 1. The van der Waals surface area contributed by atoms with E-state index in [0.717, 1.165) is 15.9 Å². The zero-order valence-electron chi connectivity index (χ0n) is 16.3. The second-order valence-electron chi connectivity index (χ2n) is 6.47. The van der Waals surface area contributed by atoms with Crippen LogP contribution in [0.3, 0.4) is 0 Å². The van der Waals surface area contributed by atoms with Crippen molar-refractivity contribution in [3.8, 4) is 5.75 Å². The molecule has 0 aliphatic heterocycles. The zero-order chi connectivity index (χ0) is 20.5. The number of rotatable bonds is 9. The second-order valence-corrected chi connectivity index (χ2v) is 7.39. The molecule has 28 heavy (non-hydrogen) atoms. The van der Waals surface area contributed by atoms with E-state index in [1.807, 2.05) is 55.4 Å². The quantitative estimate of drug-likeness (QED) is 0.458. The van der Waals surface area contributed by atoms with Gasteiger partial charge in [-0.05, 0) is 55.8 Å². The first-order valence-electron chi connectivity index (χ1n) is 9.01. The molecule has 0 saturated heterocycles. The van der Waals surface area contributed by atoms with Crippen LogP contribution >= 0.6 is 15.9 Å². The van der Waals surface area contributed by atoms with Crippen molar-refractivity contribution in [2.75, 3.05) is 30.9 Å². The van der Waals surface area contributed by atoms with Gasteiger partial charge in [-0.25, -0.2) is 0 Å². The van der Waals surface area contributed by atoms with Crippen LogP contribution in [0.2, 0.25) is 0 Å². The predicted octanol–water partition coefficient (Wildman–Crippen LogP) is 4.24. The van der Waals surface area contributed by atoms with Gasteiger partial charge in [-0.2, -0.15) is 0 Å². The van der Waals surface area contributed by atoms with Crippen molar-refractivity contribution in [2.45, 2.75) is 25.9 Å². The van der Waals surface area contributed by atoms with Crippen molar-refractivity contribution >= 4 is 39.2 Å². The molecule has 0 aliphatic rings. The highest BCUT2D eigenvalue weighted by Crippen LogP contribution is 2.18. The molecule has 1 unspecified atom stereocenters. The summed E-state index contributed by atoms with van der Waals surface area (Å²) in [5.74, 6) is -0.0597. The molecule has 1 N–H and O–H groups in total. The largest absolute Gasteiger partial charge is 0.494 e. The number of nitrogens with one attached hydrogen (secondary N) is 1. The first kappa shape index (κ1) is 21.8. The first-order chi connectivity index (χ1) is 13.3. The van der Waals surface area contributed by atoms with Crippen LogP contribution in [0.15, 0.2) is 53.0 Å². The molecule has 0 saturated carbocycles. The third-order valence-corrected chi connectivity index (χ3v) is 4.41. The lowest BCUT2D eigenvalue weighted by molar-refractivity contribution is -0.153. The Morgan fingerprint density at radius 2 is 1.86 bits per heavy atom. The van der Waals surface area contributed by atoms with Crippen LogP contribution in [-0.2, 0) is 14.3 Å². The van der Waals surface area contributed by atoms with Crippen molar-refractivity contribution < 1.29 is 19.1 Å². The maximum absolute atomic E-state index is 12.2. The summed E-state index contributed by atoms with van der Waals surface area (Å²) in [6.45, 7) is 1.95. The van der Waals surface area contributed by atoms with Gasteiger partial charge in [-0.15, -0.1) is 0 Å². The van der Waals surface area contributed by atoms with Crippen molar-refractivity contribution in [3.63, 3.8) is 0 Å². The number of hydrogen-bond donors (Lipinski definition) is 1. The molecular weight excluding hydrogens is 424 g/mol. The Morgan fingerprint density at radius 1 is 1.14 bits per heavy atom. The van der Waals surface area contributed by atoms with Crippen LogP contribution in [0, 0.1) is 0 Å². The fourth-order valence-corrected chi connectivity index (χ4v) is 2.74. The van der Waals surface area contributed by atoms with Gasteiger partial charge in [-0.1, -0.05) is 22.0 Å². The molecule has 0 aliphatic carbocycles. The number of hydrogen-bond acceptors (Lipinski definition) is 5. The molecular formula is C21H25BrN2O4. The summed E-state index contributed by atoms with van der Waals surface area (Å²) in [6, 6.07) is 14.9. The van der Waals surface area contributed by atoms with E-state index >= 15 is 0 Å². The van der Waals surface area contributed by atoms with Crippen molar-refractivity contribution in [1.29, 1.82) is 0 Å². The molecule has 0 radical (unpaired) electrons. The number of nitrogens with zero attached hydrogens (tertiary/aromatic N) is 1. The molecule has 0 aromatic heterocycles. The Bertz CT molecular complexity index is 793. The summed E-state index contributed by atoms with van der Waals surface area (Å²) in [4.78, 5) is 26.1. The van der Waals surface area contributed by atoms with E-state index in [9.17, 15) is 9.59 Å². The van der Waals surface area contributed by atoms with Crippen LogP contribution in [-0.4, -0.2) is 38.7 Å². The number of anilines is 2. The summed E-state index contributed by atoms with van der Waals surface area (Å²) < 4.78 is 11.7. The molecule has 2 rings (SSSR count). The van der Waals surface area contributed by atoms with Gasteiger partial charge in [0.15, 0.2) is 6.10 Å². The number of carbonyl (C=O) groups is 2. The molecule has 1 atom stereocenters. The van der Waals surface area contributed by atoms with Crippen LogP contribution < -0.4 is 15.0 Å². The maximum Gasteiger partial charge on any atom is 0.306 e. The molecule has 0 fully saturated rings. The number of esters is 1. The van der Waals surface area contributed by atoms with Crippen molar-refractivity contribution in [1.82, 2.24) is 0 Å². The lowest BCUT2D eigenvalue weighted by atomic mass is 10.2. The van der Waals surface area contributed by atoms with Gasteiger partial charge in [0, 0.05) is 36.4 Å². The topological polar surface area (TPSA) is 67.9 Å². The fraction of sp³-hybridized carbons (Fsp3) is 0.333. The average molecular weight is 449 g/mol. The van der Waals surface area contributed by atoms with Gasteiger partial charge in [0.05, 0.1) is 6.61 Å². The van der Waals surface area contributed by atoms with Gasteiger partial charge in [0.25, 0.3) is 5.91 Å². The Labute approximate surface area is 174 Å². The lowest BCUT2D eigenvalue weighted by Gasteiger charge is -2.15. The average Bonchev–Trinajstić information content (AvgIpc) is 2.65. The van der Waals surface area contributed by atoms with E-state index in [4.69, 9.17) is 9.47 Å². The standard InChI is InChI=1S/C21H25BrN2O4/c1-15(21(26)23-17-9-11-18(12-10-17)24(2)3)28-20(25)8-5-13-27-19-7-4-6-16(22)14-19/h4,6-7,9-12,14-15H,5,8,13H2,1-3H3,(H,23,26). The van der Waals surface area contributed by atoms with Crippen LogP contribution in [0.4, 0.5) is 11.4 Å². The minimum atomic E-state index is -0.868. The van der Waals surface area contributed by atoms with Gasteiger partial charge < -0.3 is 19.7 Å². The van der Waals surface area contributed by atoms with Crippen LogP contribution in [0.1, 0.15) is 19.8 Å². The molecule has 2 aromatic carbocycles. The highest BCUT2D eigenvalue weighted by molar-refractivity contribution is 9.10. The van der Waals surface area contributed by atoms with Crippen molar-refractivity contribution in [3.05, 3.63) is 53.0 Å². The van der Waals surface area contributed by atoms with E-state index in [1.54, 1.807) is 19.1 Å². The summed E-state index contributed by atoms with van der Waals surface area (Å²) in [5.41, 5.74) is 1.68. The van der Waals surface area contributed by atoms with Crippen molar-refractivity contribution in [2.24, 2.45) is 0 Å². The number of carbonyl (C=O) groups excluding carboxylic acids is 2. The highest BCUT2D eigenvalue weighted by atomic mass is 79.9. The van der Waals surface area contributed by atoms with Gasteiger partial charge in [0.2, 0.25) is 0 Å². The number of benzene rings is 2. The van der Waals surface area contributed by atoms with Crippen LogP contribution in [0.25, 0.3) is 0 Å². The fourth-order valence-electron chi connectivity index (χ4n) is 2.36. The first-order valence-corrected chi connectivity index (χ1v) is 9.80. The summed E-state index contributed by atoms with van der Waals surface area (Å²) in [5, 5.41) is 2.74. The van der Waals surface area contributed by atoms with E-state index in [-0.39, 0.29) is 12.3 Å². The molecule has 2 aromatic rings. The smallest absolute Gasteiger partial charge is 0.306 e. The van der Waals surface area contributed by atoms with E-state index in [2.05, 4.69) is 21.2 Å². The summed E-state index contributed by atoms with van der Waals surface area (Å²) in [7, 11) is 3.89. The predicted molar refractivity (Wildman–Crippen MR) is 114 cm³/mol. The van der Waals surface area contributed by atoms with Gasteiger partial charge in [-0.3, -0.25) is 9.59 Å². The monoisotopic (exact) mass is 448 g/mol. The summed E-state index contributed by atoms with van der Waals surface area (Å²) >= 11 is 3.37. The highest BCUT2D eigenvalue weighted by Gasteiger charge is 2.17. The Kier molecular flexibility index (Phi) is 8.32. The number of ether oxygens (including phenoxy) is 2. The van der Waals surface area contributed by atoms with Gasteiger partial charge >= 0.3 is 5.97 Å². The molecule has 6 nitrogen and oxygen atoms in total. The lowest BCUT2D eigenvalue weighted by Crippen LogP contribution is -2.30. The molecule has 0 heterocycles. The van der Waals surface area contributed by atoms with Crippen LogP contribution in [0.5, 0.6) is 5.75 Å². The minimum Gasteiger partial charge on any atom is -0.494 e. The zero-order valence-corrected chi connectivity index (χ0v) is 17.9. The third kappa shape index (κ3) is 7.23. The SMILES string of the molecule is CC(OC(=O)CCCOc1cccc(Br)c1)C(=O)Nc1ccc(N(C)C)cc1. The van der Waals surface area contributed by atoms with E-state index < -0.39 is 12.1 Å². The normalized spacial score (nSPS) is 11.4. The second kappa shape index (κ2) is 10.7. The Hall–Kier alpha value is -2.54. The molecule has 7 heteroatoms. The Morgan fingerprint density at radius 3 is 2.50 bits per heavy atom. The van der Waals surface area contributed by atoms with E-state index in [0.29, 0.717) is 18.7 Å². The molecule has 1 amide bonds. The van der Waals surface area contributed by atoms with E-state index in [1.165, 1.54) is 0 Å². The number of halogens is 1. The summed E-state index contributed by atoms with van der Waals surface area (Å²) in [6.07, 6.45) is -0.179. The minimum absolute atomic E-state index is 0.184. The third-order valence-electron chi connectivity index (χ3n) is 3.92. The molecule has 0 spiro atoms. The Balaban J connectivity index is 1.69. The molecule has 150 valence electrons. The van der Waals surface area contributed by atoms with Gasteiger partial charge in [0.1, 0.15) is 5.75 Å². The maximum atomic E-state index is 12.2.